The third-order valence-electron chi connectivity index (χ3n) is 3.81. The topological polar surface area (TPSA) is 52.6 Å². The molecule has 8 heteroatoms. The van der Waals surface area contributed by atoms with E-state index in [9.17, 15) is 27.2 Å². The summed E-state index contributed by atoms with van der Waals surface area (Å²) in [6.07, 6.45) is 0. The number of fused-ring (bicyclic) bond motifs is 3. The van der Waals surface area contributed by atoms with E-state index >= 15 is 0 Å². The van der Waals surface area contributed by atoms with Crippen LogP contribution >= 0.6 is 0 Å². The van der Waals surface area contributed by atoms with Gasteiger partial charge in [-0.3, -0.25) is 0 Å². The Morgan fingerprint density at radius 1 is 0.778 bits per heavy atom. The van der Waals surface area contributed by atoms with Crippen molar-refractivity contribution in [2.24, 2.45) is 0 Å². The number of carbonyl (C=O) groups is 2. The Balaban J connectivity index is 1.99. The molecule has 0 unspecified atom stereocenters. The fraction of sp³-hybridized carbons (Fsp3) is 0.0526. The second kappa shape index (κ2) is 6.39. The summed E-state index contributed by atoms with van der Waals surface area (Å²) in [7, 11) is 0. The monoisotopic (exact) mass is 378 g/mol. The molecule has 0 amide bonds. The van der Waals surface area contributed by atoms with Gasteiger partial charge in [-0.2, -0.15) is 17.6 Å². The van der Waals surface area contributed by atoms with Crippen molar-refractivity contribution in [2.45, 2.75) is 5.92 Å². The van der Waals surface area contributed by atoms with Gasteiger partial charge in [0.05, 0.1) is 0 Å². The Morgan fingerprint density at radius 2 is 1.15 bits per heavy atom. The molecule has 0 saturated heterocycles. The molecule has 0 N–H and O–H groups in total. The maximum atomic E-state index is 14.8. The minimum absolute atomic E-state index is 0.154. The van der Waals surface area contributed by atoms with Crippen molar-refractivity contribution in [1.82, 2.24) is 0 Å². The quantitative estimate of drug-likeness (QED) is 0.338. The van der Waals surface area contributed by atoms with Crippen molar-refractivity contribution in [1.29, 1.82) is 0 Å². The fourth-order valence-electron chi connectivity index (χ4n) is 2.63. The van der Waals surface area contributed by atoms with Crippen LogP contribution in [0.15, 0.2) is 61.2 Å². The molecule has 0 spiro atoms. The van der Waals surface area contributed by atoms with E-state index in [0.717, 1.165) is 12.1 Å². The highest BCUT2D eigenvalue weighted by Crippen LogP contribution is 2.52. The van der Waals surface area contributed by atoms with Gasteiger partial charge in [-0.05, 0) is 35.4 Å². The molecule has 0 aliphatic heterocycles. The van der Waals surface area contributed by atoms with Gasteiger partial charge in [0.2, 0.25) is 11.7 Å². The number of alkyl halides is 2. The minimum Gasteiger partial charge on any atom is -0.421 e. The first-order valence-electron chi connectivity index (χ1n) is 7.41. The van der Waals surface area contributed by atoms with Crippen molar-refractivity contribution in [2.75, 3.05) is 0 Å². The Bertz CT molecular complexity index is 931. The molecule has 3 rings (SSSR count). The third-order valence-corrected chi connectivity index (χ3v) is 3.81. The summed E-state index contributed by atoms with van der Waals surface area (Å²) in [5.74, 6) is -9.62. The van der Waals surface area contributed by atoms with Crippen LogP contribution in [0.25, 0.3) is 11.1 Å². The molecule has 0 atom stereocenters. The second-order valence-corrected chi connectivity index (χ2v) is 5.58. The summed E-state index contributed by atoms with van der Waals surface area (Å²) < 4.78 is 64.4. The minimum atomic E-state index is -3.52. The fourth-order valence-corrected chi connectivity index (χ4v) is 2.63. The predicted molar refractivity (Wildman–Crippen MR) is 86.6 cm³/mol. The van der Waals surface area contributed by atoms with E-state index < -0.39 is 40.6 Å². The molecule has 2 aromatic carbocycles. The van der Waals surface area contributed by atoms with Crippen LogP contribution in [0, 0.1) is 0 Å². The van der Waals surface area contributed by atoms with Crippen molar-refractivity contribution in [3.05, 3.63) is 72.3 Å². The van der Waals surface area contributed by atoms with Gasteiger partial charge in [0.1, 0.15) is 11.5 Å². The van der Waals surface area contributed by atoms with Gasteiger partial charge in [-0.25, -0.2) is 9.59 Å². The number of esters is 2. The Hall–Kier alpha value is -3.42. The van der Waals surface area contributed by atoms with E-state index in [-0.39, 0.29) is 22.6 Å². The van der Waals surface area contributed by atoms with Crippen molar-refractivity contribution >= 4 is 11.9 Å². The molecule has 0 radical (unpaired) electrons. The van der Waals surface area contributed by atoms with Gasteiger partial charge < -0.3 is 9.47 Å². The highest BCUT2D eigenvalue weighted by Gasteiger charge is 2.45. The molecule has 4 nitrogen and oxygen atoms in total. The molecule has 2 aromatic rings. The Morgan fingerprint density at radius 3 is 1.48 bits per heavy atom. The van der Waals surface area contributed by atoms with Crippen molar-refractivity contribution in [3.8, 4) is 22.6 Å². The van der Waals surface area contributed by atoms with Crippen LogP contribution in [0.3, 0.4) is 0 Å². The van der Waals surface area contributed by atoms with Crippen LogP contribution < -0.4 is 9.47 Å². The predicted octanol–water partition coefficient (Wildman–Crippen LogP) is 4.58. The van der Waals surface area contributed by atoms with Crippen molar-refractivity contribution in [3.63, 3.8) is 0 Å². The summed E-state index contributed by atoms with van der Waals surface area (Å²) in [6, 6.07) is 6.84. The zero-order valence-electron chi connectivity index (χ0n) is 13.5. The first-order chi connectivity index (χ1) is 12.6. The van der Waals surface area contributed by atoms with E-state index in [1.165, 1.54) is 24.3 Å². The first-order valence-corrected chi connectivity index (χ1v) is 7.41. The lowest BCUT2D eigenvalue weighted by Crippen LogP contribution is -2.13. The van der Waals surface area contributed by atoms with Crippen LogP contribution in [0.2, 0.25) is 0 Å². The lowest BCUT2D eigenvalue weighted by molar-refractivity contribution is -0.132. The number of carbonyl (C=O) groups excluding carboxylic acids is 2. The van der Waals surface area contributed by atoms with Crippen LogP contribution in [0.4, 0.5) is 17.6 Å². The molecule has 0 fully saturated rings. The number of hydrogen-bond donors (Lipinski definition) is 0. The summed E-state index contributed by atoms with van der Waals surface area (Å²) in [6.45, 7) is 5.53. The summed E-state index contributed by atoms with van der Waals surface area (Å²) >= 11 is 0. The molecular formula is C19H10F4O4. The largest absolute Gasteiger partial charge is 0.421 e. The van der Waals surface area contributed by atoms with Gasteiger partial charge in [0.15, 0.2) is 0 Å². The molecule has 0 bridgehead atoms. The van der Waals surface area contributed by atoms with Gasteiger partial charge in [0, 0.05) is 11.1 Å². The van der Waals surface area contributed by atoms with E-state index in [4.69, 9.17) is 0 Å². The maximum Gasteiger partial charge on any atom is 0.371 e. The van der Waals surface area contributed by atoms with Gasteiger partial charge in [0.25, 0.3) is 5.92 Å². The van der Waals surface area contributed by atoms with E-state index in [1.54, 1.807) is 0 Å². The van der Waals surface area contributed by atoms with E-state index in [2.05, 4.69) is 22.6 Å². The van der Waals surface area contributed by atoms with E-state index in [0.29, 0.717) is 0 Å². The Labute approximate surface area is 150 Å². The number of hydrogen-bond acceptors (Lipinski definition) is 4. The van der Waals surface area contributed by atoms with E-state index in [1.807, 2.05) is 0 Å². The summed E-state index contributed by atoms with van der Waals surface area (Å²) in [5.41, 5.74) is -0.653. The average Bonchev–Trinajstić information content (AvgIpc) is 2.82. The standard InChI is InChI=1S/C19H10F4O4/c1-9(20)17(24)26-11-3-5-13-14-6-4-12(27-18(25)10(2)21)8-16(14)19(22,23)15(13)7-11/h3-8H,1-2H2. The highest BCUT2D eigenvalue weighted by atomic mass is 19.3. The van der Waals surface area contributed by atoms with Gasteiger partial charge in [-0.15, -0.1) is 0 Å². The highest BCUT2D eigenvalue weighted by molar-refractivity contribution is 5.88. The first kappa shape index (κ1) is 18.4. The lowest BCUT2D eigenvalue weighted by atomic mass is 10.1. The number of benzene rings is 2. The number of ether oxygens (including phenoxy) is 2. The molecule has 27 heavy (non-hydrogen) atoms. The molecule has 1 aliphatic carbocycles. The van der Waals surface area contributed by atoms with Crippen LogP contribution in [0.5, 0.6) is 11.5 Å². The molecule has 0 aromatic heterocycles. The van der Waals surface area contributed by atoms with Gasteiger partial charge in [-0.1, -0.05) is 25.3 Å². The summed E-state index contributed by atoms with van der Waals surface area (Å²) in [5, 5.41) is 0. The number of halogens is 4. The lowest BCUT2D eigenvalue weighted by Gasteiger charge is -2.13. The van der Waals surface area contributed by atoms with Gasteiger partial charge >= 0.3 is 11.9 Å². The zero-order valence-corrected chi connectivity index (χ0v) is 13.5. The zero-order chi connectivity index (χ0) is 19.9. The maximum absolute atomic E-state index is 14.8. The van der Waals surface area contributed by atoms with Crippen LogP contribution in [-0.2, 0) is 15.5 Å². The molecule has 1 aliphatic rings. The average molecular weight is 378 g/mol. The van der Waals surface area contributed by atoms with Crippen molar-refractivity contribution < 1.29 is 36.6 Å². The molecule has 0 heterocycles. The molecule has 0 saturated carbocycles. The second-order valence-electron chi connectivity index (χ2n) is 5.58. The SMILES string of the molecule is C=C(F)C(=O)Oc1ccc2c(c1)C(F)(F)c1cc(OC(=O)C(=C)F)ccc1-2. The molecule has 138 valence electrons. The van der Waals surface area contributed by atoms with Crippen LogP contribution in [-0.4, -0.2) is 11.9 Å². The third kappa shape index (κ3) is 3.21. The Kier molecular flexibility index (Phi) is 4.35. The van der Waals surface area contributed by atoms with Crippen LogP contribution in [0.1, 0.15) is 11.1 Å². The normalized spacial score (nSPS) is 13.3. The summed E-state index contributed by atoms with van der Waals surface area (Å²) in [4.78, 5) is 22.4. The molecular weight excluding hydrogens is 368 g/mol. The smallest absolute Gasteiger partial charge is 0.371 e. The number of rotatable bonds is 4.